The molecule has 31 heavy (non-hydrogen) atoms. The van der Waals surface area contributed by atoms with Gasteiger partial charge in [0.1, 0.15) is 5.75 Å². The molecular formula is C22H23F2N3O3S. The van der Waals surface area contributed by atoms with Crippen LogP contribution < -0.4 is 14.4 Å². The maximum absolute atomic E-state index is 12.7. The molecule has 1 aliphatic heterocycles. The highest BCUT2D eigenvalue weighted by Crippen LogP contribution is 2.50. The van der Waals surface area contributed by atoms with Crippen LogP contribution in [-0.2, 0) is 10.0 Å². The van der Waals surface area contributed by atoms with Gasteiger partial charge in [-0.25, -0.2) is 8.42 Å². The number of hydrogen-bond donors (Lipinski definition) is 1. The van der Waals surface area contributed by atoms with Crippen LogP contribution in [-0.4, -0.2) is 26.8 Å². The second-order valence-electron chi connectivity index (χ2n) is 7.81. The van der Waals surface area contributed by atoms with E-state index in [9.17, 15) is 22.5 Å². The number of benzene rings is 2. The van der Waals surface area contributed by atoms with Crippen molar-refractivity contribution in [2.45, 2.75) is 50.0 Å². The van der Waals surface area contributed by atoms with E-state index < -0.39 is 22.6 Å². The molecule has 0 saturated heterocycles. The number of nitrogens with zero attached hydrogens (tertiary/aromatic N) is 2. The first kappa shape index (κ1) is 21.4. The van der Waals surface area contributed by atoms with Crippen molar-refractivity contribution < 1.29 is 21.9 Å². The molecule has 1 aliphatic carbocycles. The van der Waals surface area contributed by atoms with E-state index in [-0.39, 0.29) is 17.0 Å². The van der Waals surface area contributed by atoms with Crippen LogP contribution >= 0.6 is 0 Å². The first-order chi connectivity index (χ1) is 14.8. The van der Waals surface area contributed by atoms with Gasteiger partial charge < -0.3 is 9.64 Å². The molecule has 2 atom stereocenters. The van der Waals surface area contributed by atoms with Crippen LogP contribution in [0, 0.1) is 11.3 Å². The summed E-state index contributed by atoms with van der Waals surface area (Å²) in [6.45, 7) is -0.288. The maximum Gasteiger partial charge on any atom is 0.387 e. The number of ether oxygens (including phenoxy) is 1. The summed E-state index contributed by atoms with van der Waals surface area (Å²) in [5, 5.41) is 9.59. The molecule has 0 bridgehead atoms. The summed E-state index contributed by atoms with van der Waals surface area (Å²) in [7, 11) is -3.35. The van der Waals surface area contributed by atoms with Crippen molar-refractivity contribution in [3.8, 4) is 11.8 Å². The summed E-state index contributed by atoms with van der Waals surface area (Å²) in [4.78, 5) is 2.03. The van der Waals surface area contributed by atoms with Crippen molar-refractivity contribution in [1.82, 2.24) is 0 Å². The van der Waals surface area contributed by atoms with Gasteiger partial charge >= 0.3 is 6.61 Å². The maximum atomic E-state index is 12.7. The van der Waals surface area contributed by atoms with E-state index in [1.165, 1.54) is 6.07 Å². The molecular weight excluding hydrogens is 424 g/mol. The Balaban J connectivity index is 1.65. The summed E-state index contributed by atoms with van der Waals surface area (Å²) in [5.74, 6) is -0.437. The predicted octanol–water partition coefficient (Wildman–Crippen LogP) is 4.77. The van der Waals surface area contributed by atoms with Gasteiger partial charge in [0.15, 0.2) is 0 Å². The predicted molar refractivity (Wildman–Crippen MR) is 114 cm³/mol. The fourth-order valence-corrected chi connectivity index (χ4v) is 5.49. The fourth-order valence-electron chi connectivity index (χ4n) is 4.10. The zero-order valence-corrected chi connectivity index (χ0v) is 17.8. The average molecular weight is 448 g/mol. The van der Waals surface area contributed by atoms with Crippen LogP contribution in [0.4, 0.5) is 20.2 Å². The van der Waals surface area contributed by atoms with E-state index in [0.717, 1.165) is 17.5 Å². The lowest BCUT2D eigenvalue weighted by Crippen LogP contribution is -2.27. The van der Waals surface area contributed by atoms with Crippen molar-refractivity contribution in [2.75, 3.05) is 16.2 Å². The molecule has 1 fully saturated rings. The van der Waals surface area contributed by atoms with Crippen LogP contribution in [0.1, 0.15) is 49.3 Å². The standard InChI is InChI=1S/C22H23F2N3O3S/c1-2-11-27-20-12-16(30-22(23)24)7-10-18(20)19(13-25)21(27)14-3-5-15(6-4-14)26-31(28,29)17-8-9-17/h3-7,10,12,17,19,21-22,26H,2,8-9,11H2,1H3. The molecule has 0 spiro atoms. The van der Waals surface area contributed by atoms with Crippen molar-refractivity contribution in [1.29, 1.82) is 5.26 Å². The highest BCUT2D eigenvalue weighted by molar-refractivity contribution is 7.93. The molecule has 6 nitrogen and oxygen atoms in total. The lowest BCUT2D eigenvalue weighted by atomic mass is 9.91. The number of halogens is 2. The minimum Gasteiger partial charge on any atom is -0.435 e. The highest BCUT2D eigenvalue weighted by Gasteiger charge is 2.40. The zero-order valence-electron chi connectivity index (χ0n) is 17.0. The second-order valence-corrected chi connectivity index (χ2v) is 9.77. The average Bonchev–Trinajstić information content (AvgIpc) is 3.54. The molecule has 2 aromatic rings. The van der Waals surface area contributed by atoms with Gasteiger partial charge in [-0.2, -0.15) is 14.0 Å². The summed E-state index contributed by atoms with van der Waals surface area (Å²) < 4.78 is 56.8. The fraction of sp³-hybridized carbons (Fsp3) is 0.409. The third kappa shape index (κ3) is 4.30. The Labute approximate surface area is 180 Å². The third-order valence-electron chi connectivity index (χ3n) is 5.60. The molecule has 2 aromatic carbocycles. The number of nitriles is 1. The van der Waals surface area contributed by atoms with Gasteiger partial charge in [-0.15, -0.1) is 0 Å². The van der Waals surface area contributed by atoms with Gasteiger partial charge in [-0.1, -0.05) is 25.1 Å². The minimum atomic E-state index is -3.35. The number of anilines is 2. The van der Waals surface area contributed by atoms with E-state index in [1.807, 2.05) is 24.0 Å². The monoisotopic (exact) mass is 447 g/mol. The quantitative estimate of drug-likeness (QED) is 0.630. The minimum absolute atomic E-state index is 0.0528. The molecule has 0 radical (unpaired) electrons. The Bertz CT molecular complexity index is 1100. The number of hydrogen-bond acceptors (Lipinski definition) is 5. The van der Waals surface area contributed by atoms with E-state index in [1.54, 1.807) is 24.3 Å². The molecule has 1 heterocycles. The van der Waals surface area contributed by atoms with Crippen LogP contribution in [0.3, 0.4) is 0 Å². The summed E-state index contributed by atoms with van der Waals surface area (Å²) in [5.41, 5.74) is 2.80. The molecule has 9 heteroatoms. The SMILES string of the molecule is CCCN1c2cc(OC(F)F)ccc2C(C#N)C1c1ccc(NS(=O)(=O)C2CC2)cc1. The van der Waals surface area contributed by atoms with Gasteiger partial charge in [0.25, 0.3) is 0 Å². The molecule has 1 N–H and O–H groups in total. The van der Waals surface area contributed by atoms with Crippen molar-refractivity contribution in [2.24, 2.45) is 0 Å². The number of rotatable bonds is 8. The van der Waals surface area contributed by atoms with E-state index in [2.05, 4.69) is 15.5 Å². The molecule has 1 saturated carbocycles. The van der Waals surface area contributed by atoms with Crippen molar-refractivity contribution in [3.05, 3.63) is 53.6 Å². The van der Waals surface area contributed by atoms with Crippen LogP contribution in [0.15, 0.2) is 42.5 Å². The summed E-state index contributed by atoms with van der Waals surface area (Å²) >= 11 is 0. The lowest BCUT2D eigenvalue weighted by molar-refractivity contribution is -0.0498. The normalized spacial score (nSPS) is 20.4. The first-order valence-corrected chi connectivity index (χ1v) is 11.7. The smallest absolute Gasteiger partial charge is 0.387 e. The lowest BCUT2D eigenvalue weighted by Gasteiger charge is -2.29. The van der Waals surface area contributed by atoms with E-state index in [4.69, 9.17) is 0 Å². The topological polar surface area (TPSA) is 82.4 Å². The van der Waals surface area contributed by atoms with Gasteiger partial charge in [0.2, 0.25) is 10.0 Å². The highest BCUT2D eigenvalue weighted by atomic mass is 32.2. The van der Waals surface area contributed by atoms with E-state index >= 15 is 0 Å². The molecule has 0 aromatic heterocycles. The Hall–Kier alpha value is -2.86. The first-order valence-electron chi connectivity index (χ1n) is 10.2. The van der Waals surface area contributed by atoms with Gasteiger partial charge in [0.05, 0.1) is 23.3 Å². The van der Waals surface area contributed by atoms with Crippen LogP contribution in [0.25, 0.3) is 0 Å². The molecule has 4 rings (SSSR count). The van der Waals surface area contributed by atoms with Gasteiger partial charge in [-0.05, 0) is 48.6 Å². The Kier molecular flexibility index (Phi) is 5.75. The number of nitrogens with one attached hydrogen (secondary N) is 1. The zero-order chi connectivity index (χ0) is 22.2. The number of sulfonamides is 1. The van der Waals surface area contributed by atoms with Crippen LogP contribution in [0.2, 0.25) is 0 Å². The number of fused-ring (bicyclic) bond motifs is 1. The van der Waals surface area contributed by atoms with E-state index in [0.29, 0.717) is 30.8 Å². The molecule has 0 amide bonds. The Morgan fingerprint density at radius 3 is 2.52 bits per heavy atom. The molecule has 2 unspecified atom stereocenters. The largest absolute Gasteiger partial charge is 0.435 e. The summed E-state index contributed by atoms with van der Waals surface area (Å²) in [6.07, 6.45) is 2.16. The number of alkyl halides is 2. The Morgan fingerprint density at radius 2 is 1.94 bits per heavy atom. The molecule has 2 aliphatic rings. The summed E-state index contributed by atoms with van der Waals surface area (Å²) in [6, 6.07) is 13.7. The van der Waals surface area contributed by atoms with Gasteiger partial charge in [0, 0.05) is 24.0 Å². The van der Waals surface area contributed by atoms with Crippen LogP contribution in [0.5, 0.6) is 5.75 Å². The third-order valence-corrected chi connectivity index (χ3v) is 7.47. The Morgan fingerprint density at radius 1 is 1.23 bits per heavy atom. The van der Waals surface area contributed by atoms with Crippen molar-refractivity contribution >= 4 is 21.4 Å². The van der Waals surface area contributed by atoms with Gasteiger partial charge in [-0.3, -0.25) is 4.72 Å². The second kappa shape index (κ2) is 8.35. The molecule has 164 valence electrons. The van der Waals surface area contributed by atoms with Crippen molar-refractivity contribution in [3.63, 3.8) is 0 Å².